The minimum absolute atomic E-state index is 0.0147. The number of aromatic nitrogens is 5. The Labute approximate surface area is 239 Å². The molecule has 2 amide bonds. The molecule has 0 bridgehead atoms. The highest BCUT2D eigenvalue weighted by Crippen LogP contribution is 2.59. The molecule has 202 valence electrons. The molecule has 1 saturated heterocycles. The third kappa shape index (κ3) is 4.62. The fourth-order valence-electron chi connectivity index (χ4n) is 5.69. The standard InChI is InChI=1S/C29H27BrN8O2/c1-16-4-7-25(30)34-27(16)35-28(40)23-11-29(3)12-24(29)38(23)26(39)15-37-22-6-5-18(19-13-32-17(2)33-14-19)10-20(22)21(36-37)8-9-31/h4-7,10,13-14,23-24H,8,11-12,15H2,1-3H3,(H,34,35,40)/t23-,24+,29-/m0/s1. The second-order valence-corrected chi connectivity index (χ2v) is 11.7. The molecule has 2 aliphatic rings. The first-order valence-electron chi connectivity index (χ1n) is 13.1. The predicted molar refractivity (Wildman–Crippen MR) is 152 cm³/mol. The van der Waals surface area contributed by atoms with E-state index >= 15 is 0 Å². The van der Waals surface area contributed by atoms with Gasteiger partial charge in [0.15, 0.2) is 0 Å². The summed E-state index contributed by atoms with van der Waals surface area (Å²) in [5, 5.41) is 17.8. The van der Waals surface area contributed by atoms with Crippen LogP contribution in [0.25, 0.3) is 22.0 Å². The topological polar surface area (TPSA) is 130 Å². The van der Waals surface area contributed by atoms with Crippen molar-refractivity contribution in [2.24, 2.45) is 5.41 Å². The van der Waals surface area contributed by atoms with Gasteiger partial charge < -0.3 is 10.2 Å². The summed E-state index contributed by atoms with van der Waals surface area (Å²) in [4.78, 5) is 41.9. The third-order valence-corrected chi connectivity index (χ3v) is 8.44. The third-order valence-electron chi connectivity index (χ3n) is 8.00. The first kappa shape index (κ1) is 26.1. The van der Waals surface area contributed by atoms with Gasteiger partial charge in [-0.2, -0.15) is 10.4 Å². The first-order valence-corrected chi connectivity index (χ1v) is 13.9. The number of benzene rings is 1. The Kier molecular flexibility index (Phi) is 6.38. The van der Waals surface area contributed by atoms with E-state index in [1.807, 2.05) is 44.2 Å². The molecule has 3 atom stereocenters. The van der Waals surface area contributed by atoms with Crippen LogP contribution in [0.4, 0.5) is 5.82 Å². The number of amides is 2. The Morgan fingerprint density at radius 2 is 1.93 bits per heavy atom. The highest BCUT2D eigenvalue weighted by Gasteiger charge is 2.64. The summed E-state index contributed by atoms with van der Waals surface area (Å²) in [7, 11) is 0. The molecule has 10 nitrogen and oxygen atoms in total. The molecule has 0 unspecified atom stereocenters. The maximum atomic E-state index is 13.8. The highest BCUT2D eigenvalue weighted by atomic mass is 79.9. The number of hydrogen-bond acceptors (Lipinski definition) is 7. The van der Waals surface area contributed by atoms with Gasteiger partial charge in [-0.15, -0.1) is 0 Å². The lowest BCUT2D eigenvalue weighted by Crippen LogP contribution is -2.47. The van der Waals surface area contributed by atoms with Crippen molar-refractivity contribution in [2.45, 2.75) is 58.7 Å². The molecule has 11 heteroatoms. The molecule has 0 radical (unpaired) electrons. The zero-order valence-corrected chi connectivity index (χ0v) is 23.9. The van der Waals surface area contributed by atoms with Gasteiger partial charge in [-0.05, 0) is 77.4 Å². The molecule has 0 spiro atoms. The molecule has 4 heterocycles. The summed E-state index contributed by atoms with van der Waals surface area (Å²) in [6, 6.07) is 11.1. The number of fused-ring (bicyclic) bond motifs is 2. The number of carbonyl (C=O) groups excluding carboxylic acids is 2. The van der Waals surface area contributed by atoms with E-state index in [1.54, 1.807) is 22.0 Å². The second-order valence-electron chi connectivity index (χ2n) is 10.9. The van der Waals surface area contributed by atoms with Crippen LogP contribution < -0.4 is 5.32 Å². The Morgan fingerprint density at radius 1 is 1.15 bits per heavy atom. The van der Waals surface area contributed by atoms with Crippen molar-refractivity contribution in [3.63, 3.8) is 0 Å². The number of halogens is 1. The molecule has 1 N–H and O–H groups in total. The van der Waals surface area contributed by atoms with Crippen LogP contribution >= 0.6 is 15.9 Å². The Balaban J connectivity index is 1.28. The summed E-state index contributed by atoms with van der Waals surface area (Å²) < 4.78 is 2.27. The fraction of sp³-hybridized carbons (Fsp3) is 0.345. The number of likely N-dealkylation sites (tertiary alicyclic amines) is 1. The van der Waals surface area contributed by atoms with Gasteiger partial charge in [-0.25, -0.2) is 15.0 Å². The molecular formula is C29H27BrN8O2. The van der Waals surface area contributed by atoms with E-state index in [4.69, 9.17) is 0 Å². The summed E-state index contributed by atoms with van der Waals surface area (Å²) in [5.74, 6) is 0.752. The fourth-order valence-corrected chi connectivity index (χ4v) is 6.00. The summed E-state index contributed by atoms with van der Waals surface area (Å²) in [5.41, 5.74) is 3.88. The minimum Gasteiger partial charge on any atom is -0.325 e. The van der Waals surface area contributed by atoms with Crippen LogP contribution in [0.1, 0.15) is 36.8 Å². The SMILES string of the molecule is Cc1ncc(-c2ccc3c(c2)c(CC#N)nn3CC(=O)N2[C@H](C(=O)Nc3nc(Br)ccc3C)C[C@@]3(C)C[C@@H]23)cn1. The number of anilines is 1. The zero-order valence-electron chi connectivity index (χ0n) is 22.3. The summed E-state index contributed by atoms with van der Waals surface area (Å²) >= 11 is 3.36. The lowest BCUT2D eigenvalue weighted by atomic mass is 10.0. The van der Waals surface area contributed by atoms with Crippen LogP contribution in [0.5, 0.6) is 0 Å². The van der Waals surface area contributed by atoms with E-state index < -0.39 is 6.04 Å². The van der Waals surface area contributed by atoms with E-state index in [-0.39, 0.29) is 36.2 Å². The normalized spacial score (nSPS) is 21.2. The number of nitriles is 1. The van der Waals surface area contributed by atoms with Crippen molar-refractivity contribution >= 4 is 44.5 Å². The van der Waals surface area contributed by atoms with E-state index in [9.17, 15) is 14.9 Å². The second kappa shape index (κ2) is 9.78. The van der Waals surface area contributed by atoms with Gasteiger partial charge in [0.2, 0.25) is 11.8 Å². The first-order chi connectivity index (χ1) is 19.2. The number of piperidine rings is 1. The molecule has 4 aromatic rings. The van der Waals surface area contributed by atoms with Crippen molar-refractivity contribution in [3.05, 3.63) is 64.4 Å². The number of pyridine rings is 1. The number of carbonyl (C=O) groups is 2. The average Bonchev–Trinajstić information content (AvgIpc) is 3.32. The van der Waals surface area contributed by atoms with Gasteiger partial charge in [0.1, 0.15) is 28.8 Å². The van der Waals surface area contributed by atoms with Gasteiger partial charge >= 0.3 is 0 Å². The van der Waals surface area contributed by atoms with Crippen LogP contribution in [0.15, 0.2) is 47.3 Å². The average molecular weight is 599 g/mol. The quantitative estimate of drug-likeness (QED) is 0.326. The molecule has 1 aliphatic carbocycles. The van der Waals surface area contributed by atoms with E-state index in [0.29, 0.717) is 28.4 Å². The lowest BCUT2D eigenvalue weighted by Gasteiger charge is -2.27. The molecule has 3 aromatic heterocycles. The Morgan fingerprint density at radius 3 is 2.67 bits per heavy atom. The van der Waals surface area contributed by atoms with Crippen molar-refractivity contribution < 1.29 is 9.59 Å². The van der Waals surface area contributed by atoms with E-state index in [1.165, 1.54) is 0 Å². The molecule has 2 fully saturated rings. The van der Waals surface area contributed by atoms with Crippen molar-refractivity contribution in [2.75, 3.05) is 5.32 Å². The van der Waals surface area contributed by atoms with Crippen LogP contribution in [0, 0.1) is 30.6 Å². The molecular weight excluding hydrogens is 572 g/mol. The molecule has 1 aliphatic heterocycles. The number of nitrogens with one attached hydrogen (secondary N) is 1. The molecule has 40 heavy (non-hydrogen) atoms. The van der Waals surface area contributed by atoms with Gasteiger partial charge in [-0.3, -0.25) is 14.3 Å². The Hall–Kier alpha value is -4.17. The maximum absolute atomic E-state index is 13.8. The number of aryl methyl sites for hydroxylation is 2. The van der Waals surface area contributed by atoms with Gasteiger partial charge in [0.25, 0.3) is 0 Å². The van der Waals surface area contributed by atoms with Crippen LogP contribution in [0.3, 0.4) is 0 Å². The minimum atomic E-state index is -0.593. The van der Waals surface area contributed by atoms with Crippen molar-refractivity contribution in [1.82, 2.24) is 29.6 Å². The largest absolute Gasteiger partial charge is 0.325 e. The number of nitrogens with zero attached hydrogens (tertiary/aromatic N) is 7. The summed E-state index contributed by atoms with van der Waals surface area (Å²) in [6.07, 6.45) is 5.11. The van der Waals surface area contributed by atoms with Crippen molar-refractivity contribution in [3.8, 4) is 17.2 Å². The van der Waals surface area contributed by atoms with Crippen LogP contribution in [0.2, 0.25) is 0 Å². The van der Waals surface area contributed by atoms with Crippen molar-refractivity contribution in [1.29, 1.82) is 5.26 Å². The predicted octanol–water partition coefficient (Wildman–Crippen LogP) is 4.35. The summed E-state index contributed by atoms with van der Waals surface area (Å²) in [6.45, 7) is 5.80. The van der Waals surface area contributed by atoms with E-state index in [0.717, 1.165) is 34.0 Å². The smallest absolute Gasteiger partial charge is 0.248 e. The van der Waals surface area contributed by atoms with Gasteiger partial charge in [0, 0.05) is 29.4 Å². The monoisotopic (exact) mass is 598 g/mol. The molecule has 1 saturated carbocycles. The van der Waals surface area contributed by atoms with Gasteiger partial charge in [0.05, 0.1) is 23.7 Å². The maximum Gasteiger partial charge on any atom is 0.248 e. The lowest BCUT2D eigenvalue weighted by molar-refractivity contribution is -0.138. The number of rotatable bonds is 6. The van der Waals surface area contributed by atoms with Crippen LogP contribution in [-0.4, -0.2) is 53.5 Å². The Bertz CT molecular complexity index is 1710. The molecule has 1 aromatic carbocycles. The van der Waals surface area contributed by atoms with Crippen LogP contribution in [-0.2, 0) is 22.6 Å². The zero-order chi connectivity index (χ0) is 28.2. The van der Waals surface area contributed by atoms with Gasteiger partial charge in [-0.1, -0.05) is 19.1 Å². The number of hydrogen-bond donors (Lipinski definition) is 1. The molecule has 6 rings (SSSR count). The van der Waals surface area contributed by atoms with E-state index in [2.05, 4.69) is 54.3 Å². The highest BCUT2D eigenvalue weighted by molar-refractivity contribution is 9.10.